The van der Waals surface area contributed by atoms with Crippen molar-refractivity contribution in [3.8, 4) is 0 Å². The van der Waals surface area contributed by atoms with Gasteiger partial charge < -0.3 is 4.74 Å². The Kier molecular flexibility index (Phi) is 6.38. The van der Waals surface area contributed by atoms with Gasteiger partial charge >= 0.3 is 0 Å². The van der Waals surface area contributed by atoms with Gasteiger partial charge in [-0.3, -0.25) is 0 Å². The molecule has 4 heteroatoms. The van der Waals surface area contributed by atoms with Gasteiger partial charge in [0.25, 0.3) is 0 Å². The SMILES string of the molecule is C=CCC(/C=C\OCc1ccccc1)S(=O)(=O)c1ccc(C)cc1. The van der Waals surface area contributed by atoms with Crippen molar-refractivity contribution in [1.29, 1.82) is 0 Å². The second-order valence-electron chi connectivity index (χ2n) is 5.55. The zero-order chi connectivity index (χ0) is 17.4. The predicted octanol–water partition coefficient (Wildman–Crippen LogP) is 4.44. The van der Waals surface area contributed by atoms with E-state index in [0.717, 1.165) is 11.1 Å². The first-order valence-corrected chi connectivity index (χ1v) is 9.32. The van der Waals surface area contributed by atoms with E-state index in [4.69, 9.17) is 4.74 Å². The average molecular weight is 342 g/mol. The summed E-state index contributed by atoms with van der Waals surface area (Å²) in [6, 6.07) is 16.6. The highest BCUT2D eigenvalue weighted by Gasteiger charge is 2.24. The van der Waals surface area contributed by atoms with Crippen LogP contribution in [0, 0.1) is 6.92 Å². The molecule has 0 saturated heterocycles. The molecule has 0 aliphatic heterocycles. The molecular formula is C20H22O3S. The summed E-state index contributed by atoms with van der Waals surface area (Å²) >= 11 is 0. The maximum Gasteiger partial charge on any atom is 0.185 e. The second-order valence-corrected chi connectivity index (χ2v) is 7.71. The Labute approximate surface area is 144 Å². The van der Waals surface area contributed by atoms with Crippen LogP contribution in [0.3, 0.4) is 0 Å². The van der Waals surface area contributed by atoms with Gasteiger partial charge in [0.2, 0.25) is 0 Å². The number of ether oxygens (including phenoxy) is 1. The van der Waals surface area contributed by atoms with E-state index in [9.17, 15) is 8.42 Å². The molecule has 126 valence electrons. The molecule has 24 heavy (non-hydrogen) atoms. The van der Waals surface area contributed by atoms with E-state index in [0.29, 0.717) is 17.9 Å². The second kappa shape index (κ2) is 8.50. The molecule has 0 fully saturated rings. The third-order valence-electron chi connectivity index (χ3n) is 3.63. The molecule has 0 heterocycles. The number of aryl methyl sites for hydroxylation is 1. The molecule has 0 radical (unpaired) electrons. The van der Waals surface area contributed by atoms with Crippen molar-refractivity contribution < 1.29 is 13.2 Å². The average Bonchev–Trinajstić information content (AvgIpc) is 2.59. The van der Waals surface area contributed by atoms with Crippen molar-refractivity contribution >= 4 is 9.84 Å². The number of allylic oxidation sites excluding steroid dienone is 1. The predicted molar refractivity (Wildman–Crippen MR) is 97.3 cm³/mol. The number of rotatable bonds is 8. The molecule has 2 aromatic carbocycles. The summed E-state index contributed by atoms with van der Waals surface area (Å²) in [7, 11) is -3.46. The van der Waals surface area contributed by atoms with Gasteiger partial charge in [-0.1, -0.05) is 54.1 Å². The topological polar surface area (TPSA) is 43.4 Å². The highest BCUT2D eigenvalue weighted by atomic mass is 32.2. The fourth-order valence-electron chi connectivity index (χ4n) is 2.24. The van der Waals surface area contributed by atoms with Crippen LogP contribution in [-0.2, 0) is 21.2 Å². The Balaban J connectivity index is 2.08. The molecule has 3 nitrogen and oxygen atoms in total. The van der Waals surface area contributed by atoms with Crippen LogP contribution in [0.25, 0.3) is 0 Å². The van der Waals surface area contributed by atoms with Crippen LogP contribution < -0.4 is 0 Å². The first-order valence-electron chi connectivity index (χ1n) is 7.77. The van der Waals surface area contributed by atoms with Crippen LogP contribution in [-0.4, -0.2) is 13.7 Å². The van der Waals surface area contributed by atoms with Crippen LogP contribution in [0.15, 0.2) is 84.5 Å². The number of hydrogen-bond acceptors (Lipinski definition) is 3. The van der Waals surface area contributed by atoms with Gasteiger partial charge in [0.1, 0.15) is 6.61 Å². The standard InChI is InChI=1S/C20H22O3S/c1-3-7-19(14-15-23-16-18-8-5-4-6-9-18)24(21,22)20-12-10-17(2)11-13-20/h3-6,8-15,19H,1,7,16H2,2H3/b15-14-. The van der Waals surface area contributed by atoms with Crippen molar-refractivity contribution in [3.05, 3.63) is 90.7 Å². The Morgan fingerprint density at radius 3 is 2.38 bits per heavy atom. The highest BCUT2D eigenvalue weighted by molar-refractivity contribution is 7.92. The van der Waals surface area contributed by atoms with E-state index in [2.05, 4.69) is 6.58 Å². The molecule has 2 aromatic rings. The maximum atomic E-state index is 12.7. The first-order chi connectivity index (χ1) is 11.5. The van der Waals surface area contributed by atoms with Crippen LogP contribution in [0.1, 0.15) is 17.5 Å². The minimum Gasteiger partial charge on any atom is -0.497 e. The van der Waals surface area contributed by atoms with Crippen molar-refractivity contribution in [2.24, 2.45) is 0 Å². The molecule has 1 unspecified atom stereocenters. The normalized spacial score (nSPS) is 12.9. The summed E-state index contributed by atoms with van der Waals surface area (Å²) < 4.78 is 31.0. The number of sulfone groups is 1. The van der Waals surface area contributed by atoms with E-state index in [1.54, 1.807) is 36.4 Å². The lowest BCUT2D eigenvalue weighted by Gasteiger charge is -2.12. The van der Waals surface area contributed by atoms with Crippen molar-refractivity contribution in [1.82, 2.24) is 0 Å². The summed E-state index contributed by atoms with van der Waals surface area (Å²) in [6.07, 6.45) is 4.99. The van der Waals surface area contributed by atoms with Crippen molar-refractivity contribution in [2.75, 3.05) is 0 Å². The van der Waals surface area contributed by atoms with E-state index in [-0.39, 0.29) is 0 Å². The number of benzene rings is 2. The van der Waals surface area contributed by atoms with Gasteiger partial charge in [0.15, 0.2) is 9.84 Å². The molecule has 0 saturated carbocycles. The summed E-state index contributed by atoms with van der Waals surface area (Å²) in [6.45, 7) is 5.99. The van der Waals surface area contributed by atoms with Gasteiger partial charge in [-0.15, -0.1) is 6.58 Å². The summed E-state index contributed by atoms with van der Waals surface area (Å²) in [5.74, 6) is 0. The van der Waals surface area contributed by atoms with Crippen LogP contribution in [0.5, 0.6) is 0 Å². The Hall–Kier alpha value is -2.33. The highest BCUT2D eigenvalue weighted by Crippen LogP contribution is 2.20. The van der Waals surface area contributed by atoms with E-state index in [1.807, 2.05) is 37.3 Å². The monoisotopic (exact) mass is 342 g/mol. The molecule has 0 N–H and O–H groups in total. The van der Waals surface area contributed by atoms with Crippen LogP contribution in [0.4, 0.5) is 0 Å². The lowest BCUT2D eigenvalue weighted by molar-refractivity contribution is 0.235. The van der Waals surface area contributed by atoms with Crippen LogP contribution in [0.2, 0.25) is 0 Å². The molecule has 0 amide bonds. The summed E-state index contributed by atoms with van der Waals surface area (Å²) in [5.41, 5.74) is 2.06. The van der Waals surface area contributed by atoms with E-state index >= 15 is 0 Å². The van der Waals surface area contributed by atoms with Crippen LogP contribution >= 0.6 is 0 Å². The Bertz CT molecular complexity index is 775. The smallest absolute Gasteiger partial charge is 0.185 e. The zero-order valence-electron chi connectivity index (χ0n) is 13.8. The van der Waals surface area contributed by atoms with Gasteiger partial charge in [-0.2, -0.15) is 0 Å². The Morgan fingerprint density at radius 1 is 1.08 bits per heavy atom. The van der Waals surface area contributed by atoms with Gasteiger partial charge in [0, 0.05) is 0 Å². The van der Waals surface area contributed by atoms with E-state index in [1.165, 1.54) is 6.26 Å². The van der Waals surface area contributed by atoms with Crippen molar-refractivity contribution in [3.63, 3.8) is 0 Å². The fourth-order valence-corrected chi connectivity index (χ4v) is 3.76. The molecule has 0 spiro atoms. The summed E-state index contributed by atoms with van der Waals surface area (Å²) in [4.78, 5) is 0.313. The quantitative estimate of drug-likeness (QED) is 0.526. The van der Waals surface area contributed by atoms with Gasteiger partial charge in [-0.25, -0.2) is 8.42 Å². The number of hydrogen-bond donors (Lipinski definition) is 0. The third kappa shape index (κ3) is 4.83. The molecular weight excluding hydrogens is 320 g/mol. The first kappa shape index (κ1) is 18.0. The summed E-state index contributed by atoms with van der Waals surface area (Å²) in [5, 5.41) is -0.687. The van der Waals surface area contributed by atoms with Gasteiger partial charge in [-0.05, 0) is 37.1 Å². The Morgan fingerprint density at radius 2 is 1.75 bits per heavy atom. The minimum atomic E-state index is -3.46. The molecule has 0 aliphatic rings. The molecule has 2 rings (SSSR count). The zero-order valence-corrected chi connectivity index (χ0v) is 14.6. The fraction of sp³-hybridized carbons (Fsp3) is 0.200. The molecule has 0 aromatic heterocycles. The maximum absolute atomic E-state index is 12.7. The third-order valence-corrected chi connectivity index (χ3v) is 5.71. The molecule has 0 aliphatic carbocycles. The van der Waals surface area contributed by atoms with Gasteiger partial charge in [0.05, 0.1) is 16.4 Å². The largest absolute Gasteiger partial charge is 0.497 e. The van der Waals surface area contributed by atoms with E-state index < -0.39 is 15.1 Å². The molecule has 1 atom stereocenters. The van der Waals surface area contributed by atoms with Crippen molar-refractivity contribution in [2.45, 2.75) is 30.1 Å². The minimum absolute atomic E-state index is 0.313. The lowest BCUT2D eigenvalue weighted by Crippen LogP contribution is -2.18. The lowest BCUT2D eigenvalue weighted by atomic mass is 10.2. The molecule has 0 bridgehead atoms.